The molecule has 4 nitrogen and oxygen atoms in total. The van der Waals surface area contributed by atoms with Crippen LogP contribution in [-0.2, 0) is 14.3 Å². The van der Waals surface area contributed by atoms with Crippen LogP contribution in [0.2, 0.25) is 0 Å². The Morgan fingerprint density at radius 3 is 1.74 bits per heavy atom. The summed E-state index contributed by atoms with van der Waals surface area (Å²) in [5.74, 6) is 0.742. The van der Waals surface area contributed by atoms with Gasteiger partial charge in [0.2, 0.25) is 5.91 Å². The second kappa shape index (κ2) is 13.1. The first-order valence-electron chi connectivity index (χ1n) is 11.9. The van der Waals surface area contributed by atoms with E-state index in [0.29, 0.717) is 25.1 Å². The summed E-state index contributed by atoms with van der Waals surface area (Å²) in [5, 5.41) is 3.01. The number of Topliss-reactive ketones (excluding diaryl/α,β-unsaturated/α-hetero) is 1. The minimum absolute atomic E-state index is 0.0137. The van der Waals surface area contributed by atoms with Gasteiger partial charge in [0.05, 0.1) is 10.8 Å². The number of rotatable bonds is 13. The standard InChI is InChI=1S/C29H34N2O2S/c1-23(32)27(30)19-11-12-21-31-28(33)20-22-34-29(24-13-5-2-6-14-24,25-15-7-3-8-16-25)26-17-9-4-10-18-26/h2-10,13-18,27H,11-12,19-22,30H2,1H3,(H,31,33). The van der Waals surface area contributed by atoms with Crippen molar-refractivity contribution in [2.75, 3.05) is 12.3 Å². The van der Waals surface area contributed by atoms with Gasteiger partial charge in [0, 0.05) is 18.7 Å². The fraction of sp³-hybridized carbons (Fsp3) is 0.310. The number of nitrogens with one attached hydrogen (secondary N) is 1. The van der Waals surface area contributed by atoms with Crippen molar-refractivity contribution in [2.24, 2.45) is 5.73 Å². The number of benzene rings is 3. The van der Waals surface area contributed by atoms with Gasteiger partial charge in [-0.2, -0.15) is 0 Å². The molecule has 0 aliphatic rings. The van der Waals surface area contributed by atoms with Gasteiger partial charge in [-0.25, -0.2) is 0 Å². The van der Waals surface area contributed by atoms with Gasteiger partial charge < -0.3 is 11.1 Å². The third kappa shape index (κ3) is 6.81. The largest absolute Gasteiger partial charge is 0.356 e. The van der Waals surface area contributed by atoms with Crippen molar-refractivity contribution >= 4 is 23.5 Å². The van der Waals surface area contributed by atoms with Crippen molar-refractivity contribution in [2.45, 2.75) is 43.4 Å². The molecule has 178 valence electrons. The molecule has 1 unspecified atom stereocenters. The summed E-state index contributed by atoms with van der Waals surface area (Å²) in [6, 6.07) is 31.1. The summed E-state index contributed by atoms with van der Waals surface area (Å²) in [6.07, 6.45) is 2.75. The molecule has 0 heterocycles. The zero-order valence-corrected chi connectivity index (χ0v) is 20.6. The topological polar surface area (TPSA) is 72.2 Å². The smallest absolute Gasteiger partial charge is 0.220 e. The first kappa shape index (κ1) is 25.7. The van der Waals surface area contributed by atoms with Crippen LogP contribution in [0.25, 0.3) is 0 Å². The molecule has 1 amide bonds. The van der Waals surface area contributed by atoms with Crippen molar-refractivity contribution in [3.8, 4) is 0 Å². The predicted octanol–water partition coefficient (Wildman–Crippen LogP) is 5.30. The monoisotopic (exact) mass is 474 g/mol. The first-order chi connectivity index (χ1) is 16.5. The van der Waals surface area contributed by atoms with Gasteiger partial charge in [-0.1, -0.05) is 91.0 Å². The lowest BCUT2D eigenvalue weighted by Gasteiger charge is -2.35. The van der Waals surface area contributed by atoms with E-state index in [-0.39, 0.29) is 11.7 Å². The fourth-order valence-corrected chi connectivity index (χ4v) is 5.58. The third-order valence-electron chi connectivity index (χ3n) is 5.97. The number of unbranched alkanes of at least 4 members (excludes halogenated alkanes) is 1. The van der Waals surface area contributed by atoms with E-state index in [1.54, 1.807) is 11.8 Å². The lowest BCUT2D eigenvalue weighted by Crippen LogP contribution is -2.29. The highest BCUT2D eigenvalue weighted by Crippen LogP contribution is 2.48. The molecule has 5 heteroatoms. The average molecular weight is 475 g/mol. The van der Waals surface area contributed by atoms with E-state index in [9.17, 15) is 9.59 Å². The average Bonchev–Trinajstić information content (AvgIpc) is 2.88. The Hall–Kier alpha value is -2.89. The van der Waals surface area contributed by atoms with Crippen molar-refractivity contribution in [3.05, 3.63) is 108 Å². The number of hydrogen-bond donors (Lipinski definition) is 2. The Labute approximate surface area is 207 Å². The number of amides is 1. The van der Waals surface area contributed by atoms with Gasteiger partial charge in [0.1, 0.15) is 5.78 Å². The molecule has 3 aromatic rings. The van der Waals surface area contributed by atoms with E-state index in [2.05, 4.69) is 78.1 Å². The maximum atomic E-state index is 12.5. The first-order valence-corrected chi connectivity index (χ1v) is 12.9. The van der Waals surface area contributed by atoms with Crippen molar-refractivity contribution in [1.29, 1.82) is 0 Å². The number of carbonyl (C=O) groups excluding carboxylic acids is 2. The number of nitrogens with two attached hydrogens (primary N) is 1. The second-order valence-electron chi connectivity index (χ2n) is 8.44. The van der Waals surface area contributed by atoms with Gasteiger partial charge in [-0.15, -0.1) is 11.8 Å². The summed E-state index contributed by atoms with van der Waals surface area (Å²) in [7, 11) is 0. The van der Waals surface area contributed by atoms with Crippen LogP contribution < -0.4 is 11.1 Å². The van der Waals surface area contributed by atoms with Crippen LogP contribution in [0.1, 0.15) is 49.3 Å². The zero-order chi connectivity index (χ0) is 24.2. The molecule has 0 spiro atoms. The van der Waals surface area contributed by atoms with Crippen LogP contribution in [0.15, 0.2) is 91.0 Å². The molecule has 0 aliphatic heterocycles. The number of hydrogen-bond acceptors (Lipinski definition) is 4. The molecule has 34 heavy (non-hydrogen) atoms. The molecular formula is C29H34N2O2S. The lowest BCUT2D eigenvalue weighted by molar-refractivity contribution is -0.121. The van der Waals surface area contributed by atoms with E-state index in [4.69, 9.17) is 5.73 Å². The van der Waals surface area contributed by atoms with Crippen molar-refractivity contribution in [3.63, 3.8) is 0 Å². The number of ketones is 1. The van der Waals surface area contributed by atoms with Crippen molar-refractivity contribution < 1.29 is 9.59 Å². The number of carbonyl (C=O) groups is 2. The van der Waals surface area contributed by atoms with E-state index in [1.807, 2.05) is 18.2 Å². The molecule has 0 radical (unpaired) electrons. The minimum Gasteiger partial charge on any atom is -0.356 e. The highest BCUT2D eigenvalue weighted by atomic mass is 32.2. The SMILES string of the molecule is CC(=O)C(N)CCCCNC(=O)CCSC(c1ccccc1)(c1ccccc1)c1ccccc1. The molecule has 3 rings (SSSR count). The molecule has 0 bridgehead atoms. The molecule has 0 fully saturated rings. The van der Waals surface area contributed by atoms with Crippen LogP contribution in [0.3, 0.4) is 0 Å². The molecule has 0 saturated heterocycles. The lowest BCUT2D eigenvalue weighted by atomic mass is 9.84. The van der Waals surface area contributed by atoms with Crippen LogP contribution in [-0.4, -0.2) is 30.0 Å². The van der Waals surface area contributed by atoms with Crippen LogP contribution in [0, 0.1) is 0 Å². The normalized spacial score (nSPS) is 12.2. The van der Waals surface area contributed by atoms with Crippen LogP contribution >= 0.6 is 11.8 Å². The van der Waals surface area contributed by atoms with E-state index in [0.717, 1.165) is 12.8 Å². The molecule has 3 N–H and O–H groups in total. The van der Waals surface area contributed by atoms with Gasteiger partial charge in [0.25, 0.3) is 0 Å². The third-order valence-corrected chi connectivity index (χ3v) is 7.52. The van der Waals surface area contributed by atoms with Gasteiger partial charge >= 0.3 is 0 Å². The van der Waals surface area contributed by atoms with Crippen molar-refractivity contribution in [1.82, 2.24) is 5.32 Å². The molecular weight excluding hydrogens is 440 g/mol. The van der Waals surface area contributed by atoms with E-state index < -0.39 is 10.8 Å². The molecule has 3 aromatic carbocycles. The summed E-state index contributed by atoms with van der Waals surface area (Å²) in [6.45, 7) is 2.12. The van der Waals surface area contributed by atoms with Crippen LogP contribution in [0.4, 0.5) is 0 Å². The molecule has 1 atom stereocenters. The molecule has 0 saturated carbocycles. The fourth-order valence-electron chi connectivity index (χ4n) is 4.07. The summed E-state index contributed by atoms with van der Waals surface area (Å²) >= 11 is 1.79. The zero-order valence-electron chi connectivity index (χ0n) is 19.8. The van der Waals surface area contributed by atoms with E-state index >= 15 is 0 Å². The maximum absolute atomic E-state index is 12.5. The van der Waals surface area contributed by atoms with E-state index in [1.165, 1.54) is 23.6 Å². The quantitative estimate of drug-likeness (QED) is 0.260. The Balaban J connectivity index is 1.69. The van der Waals surface area contributed by atoms with Crippen LogP contribution in [0.5, 0.6) is 0 Å². The second-order valence-corrected chi connectivity index (χ2v) is 9.75. The predicted molar refractivity (Wildman–Crippen MR) is 142 cm³/mol. The van der Waals surface area contributed by atoms with Gasteiger partial charge in [0.15, 0.2) is 0 Å². The Bertz CT molecular complexity index is 929. The van der Waals surface area contributed by atoms with Gasteiger partial charge in [-0.3, -0.25) is 9.59 Å². The maximum Gasteiger partial charge on any atom is 0.220 e. The minimum atomic E-state index is -0.410. The Morgan fingerprint density at radius 2 is 1.29 bits per heavy atom. The highest BCUT2D eigenvalue weighted by Gasteiger charge is 2.36. The Morgan fingerprint density at radius 1 is 0.824 bits per heavy atom. The number of thioether (sulfide) groups is 1. The highest BCUT2D eigenvalue weighted by molar-refractivity contribution is 8.00. The molecule has 0 aromatic heterocycles. The summed E-state index contributed by atoms with van der Waals surface area (Å²) in [4.78, 5) is 23.8. The Kier molecular flexibility index (Phi) is 9.92. The summed E-state index contributed by atoms with van der Waals surface area (Å²) in [5.41, 5.74) is 9.35. The summed E-state index contributed by atoms with van der Waals surface area (Å²) < 4.78 is -0.410. The van der Waals surface area contributed by atoms with Gasteiger partial charge in [-0.05, 0) is 42.9 Å². The molecule has 0 aliphatic carbocycles.